The molecule has 0 radical (unpaired) electrons. The van der Waals surface area contributed by atoms with Gasteiger partial charge in [-0.25, -0.2) is 4.98 Å². The molecular formula is C26H19N3O4S2. The summed E-state index contributed by atoms with van der Waals surface area (Å²) in [7, 11) is 0. The highest BCUT2D eigenvalue weighted by atomic mass is 32.1. The summed E-state index contributed by atoms with van der Waals surface area (Å²) < 4.78 is 6.80. The predicted molar refractivity (Wildman–Crippen MR) is 138 cm³/mol. The van der Waals surface area contributed by atoms with E-state index in [4.69, 9.17) is 9.40 Å². The van der Waals surface area contributed by atoms with E-state index in [1.54, 1.807) is 47.4 Å². The van der Waals surface area contributed by atoms with Crippen LogP contribution in [0.15, 0.2) is 63.8 Å². The second kappa shape index (κ2) is 8.44. The molecule has 5 aromatic rings. The van der Waals surface area contributed by atoms with Gasteiger partial charge in [-0.3, -0.25) is 14.4 Å². The number of carbonyl (C=O) groups excluding carboxylic acids is 2. The Kier molecular flexibility index (Phi) is 5.23. The molecule has 0 saturated carbocycles. The van der Waals surface area contributed by atoms with Crippen molar-refractivity contribution in [1.29, 1.82) is 0 Å². The van der Waals surface area contributed by atoms with E-state index >= 15 is 0 Å². The zero-order valence-electron chi connectivity index (χ0n) is 18.7. The number of thiophene rings is 1. The van der Waals surface area contributed by atoms with E-state index in [9.17, 15) is 14.4 Å². The molecule has 1 N–H and O–H groups in total. The van der Waals surface area contributed by atoms with Crippen molar-refractivity contribution < 1.29 is 14.0 Å². The Labute approximate surface area is 207 Å². The lowest BCUT2D eigenvalue weighted by molar-refractivity contribution is -0.129. The summed E-state index contributed by atoms with van der Waals surface area (Å²) in [5, 5.41) is 4.85. The van der Waals surface area contributed by atoms with Gasteiger partial charge in [-0.05, 0) is 36.2 Å². The van der Waals surface area contributed by atoms with E-state index < -0.39 is 5.91 Å². The second-order valence-corrected chi connectivity index (χ2v) is 10.4. The topological polar surface area (TPSA) is 92.5 Å². The second-order valence-electron chi connectivity index (χ2n) is 8.31. The molecular weight excluding hydrogens is 482 g/mol. The maximum absolute atomic E-state index is 13.2. The van der Waals surface area contributed by atoms with Gasteiger partial charge in [0, 0.05) is 30.0 Å². The van der Waals surface area contributed by atoms with Crippen molar-refractivity contribution in [1.82, 2.24) is 9.88 Å². The predicted octanol–water partition coefficient (Wildman–Crippen LogP) is 5.29. The van der Waals surface area contributed by atoms with Crippen molar-refractivity contribution in [2.75, 3.05) is 11.9 Å². The smallest absolute Gasteiger partial charge is 0.292 e. The first kappa shape index (κ1) is 21.7. The third-order valence-electron chi connectivity index (χ3n) is 6.10. The number of benzene rings is 2. The number of para-hydroxylation sites is 2. The summed E-state index contributed by atoms with van der Waals surface area (Å²) in [4.78, 5) is 45.4. The minimum absolute atomic E-state index is 0.0223. The van der Waals surface area contributed by atoms with Crippen LogP contribution in [0.5, 0.6) is 0 Å². The van der Waals surface area contributed by atoms with Gasteiger partial charge in [0.25, 0.3) is 5.91 Å². The third-order valence-corrected chi connectivity index (χ3v) is 8.28. The number of nitrogens with zero attached hydrogens (tertiary/aromatic N) is 2. The number of aromatic nitrogens is 1. The largest absolute Gasteiger partial charge is 0.451 e. The fourth-order valence-corrected chi connectivity index (χ4v) is 6.72. The SMILES string of the molecule is CC(=O)N1CCc2c(sc(NC(=O)c3cc(=O)c4ccccc4o3)c2-c2nc3ccccc3s2)C1. The molecule has 35 heavy (non-hydrogen) atoms. The Morgan fingerprint density at radius 1 is 1.09 bits per heavy atom. The number of rotatable bonds is 3. The number of fused-ring (bicyclic) bond motifs is 3. The highest BCUT2D eigenvalue weighted by Gasteiger charge is 2.29. The minimum Gasteiger partial charge on any atom is -0.451 e. The number of anilines is 1. The van der Waals surface area contributed by atoms with Crippen molar-refractivity contribution in [3.63, 3.8) is 0 Å². The fraction of sp³-hybridized carbons (Fsp3) is 0.154. The number of thiazole rings is 1. The lowest BCUT2D eigenvalue weighted by Gasteiger charge is -2.25. The van der Waals surface area contributed by atoms with Crippen LogP contribution in [0.2, 0.25) is 0 Å². The van der Waals surface area contributed by atoms with Gasteiger partial charge >= 0.3 is 0 Å². The lowest BCUT2D eigenvalue weighted by atomic mass is 10.0. The van der Waals surface area contributed by atoms with Crippen LogP contribution in [-0.2, 0) is 17.8 Å². The maximum atomic E-state index is 13.2. The zero-order chi connectivity index (χ0) is 24.1. The van der Waals surface area contributed by atoms with Crippen LogP contribution in [0, 0.1) is 0 Å². The standard InChI is InChI=1S/C26H19N3O4S2/c1-14(30)29-11-10-16-22(13-29)35-26(23(16)25-27-17-7-3-5-9-21(17)34-25)28-24(32)20-12-18(31)15-6-2-4-8-19(15)33-20/h2-9,12H,10-11,13H2,1H3,(H,28,32). The Balaban J connectivity index is 1.44. The van der Waals surface area contributed by atoms with Crippen LogP contribution >= 0.6 is 22.7 Å². The average Bonchev–Trinajstić information content (AvgIpc) is 3.43. The molecule has 6 rings (SSSR count). The molecule has 0 unspecified atom stereocenters. The number of hydrogen-bond acceptors (Lipinski definition) is 7. The van der Waals surface area contributed by atoms with Crippen molar-refractivity contribution in [3.8, 4) is 10.6 Å². The molecule has 9 heteroatoms. The molecule has 4 heterocycles. The Morgan fingerprint density at radius 2 is 1.89 bits per heavy atom. The molecule has 1 aliphatic heterocycles. The first-order chi connectivity index (χ1) is 17.0. The van der Waals surface area contributed by atoms with Crippen molar-refractivity contribution in [3.05, 3.63) is 81.0 Å². The summed E-state index contributed by atoms with van der Waals surface area (Å²) in [6, 6.07) is 16.0. The summed E-state index contributed by atoms with van der Waals surface area (Å²) in [5.41, 5.74) is 2.96. The molecule has 0 spiro atoms. The molecule has 0 atom stereocenters. The molecule has 7 nitrogen and oxygen atoms in total. The molecule has 2 aromatic carbocycles. The maximum Gasteiger partial charge on any atom is 0.292 e. The van der Waals surface area contributed by atoms with Gasteiger partial charge in [-0.15, -0.1) is 22.7 Å². The Bertz CT molecular complexity index is 1670. The number of carbonyl (C=O) groups is 2. The van der Waals surface area contributed by atoms with E-state index in [0.717, 1.165) is 31.2 Å². The monoisotopic (exact) mass is 501 g/mol. The van der Waals surface area contributed by atoms with E-state index in [1.807, 2.05) is 24.3 Å². The number of nitrogens with one attached hydrogen (secondary N) is 1. The van der Waals surface area contributed by atoms with E-state index in [0.29, 0.717) is 35.5 Å². The fourth-order valence-electron chi connectivity index (χ4n) is 4.35. The van der Waals surface area contributed by atoms with Gasteiger partial charge in [-0.1, -0.05) is 24.3 Å². The highest BCUT2D eigenvalue weighted by molar-refractivity contribution is 7.23. The van der Waals surface area contributed by atoms with Crippen LogP contribution in [-0.4, -0.2) is 28.2 Å². The van der Waals surface area contributed by atoms with Crippen molar-refractivity contribution in [2.45, 2.75) is 19.9 Å². The molecule has 3 aromatic heterocycles. The van der Waals surface area contributed by atoms with Crippen LogP contribution < -0.4 is 10.7 Å². The Morgan fingerprint density at radius 3 is 2.71 bits per heavy atom. The quantitative estimate of drug-likeness (QED) is 0.363. The molecule has 0 saturated heterocycles. The van der Waals surface area contributed by atoms with Crippen LogP contribution in [0.3, 0.4) is 0 Å². The summed E-state index contributed by atoms with van der Waals surface area (Å²) in [6.07, 6.45) is 0.678. The van der Waals surface area contributed by atoms with E-state index in [2.05, 4.69) is 5.32 Å². The Hall–Kier alpha value is -3.82. The van der Waals surface area contributed by atoms with Crippen LogP contribution in [0.4, 0.5) is 5.00 Å². The van der Waals surface area contributed by atoms with Gasteiger partial charge < -0.3 is 14.6 Å². The summed E-state index contributed by atoms with van der Waals surface area (Å²) >= 11 is 3.01. The van der Waals surface area contributed by atoms with E-state index in [-0.39, 0.29) is 17.1 Å². The first-order valence-corrected chi connectivity index (χ1v) is 12.7. The molecule has 0 aliphatic carbocycles. The highest BCUT2D eigenvalue weighted by Crippen LogP contribution is 2.45. The zero-order valence-corrected chi connectivity index (χ0v) is 20.3. The van der Waals surface area contributed by atoms with Crippen molar-refractivity contribution in [2.24, 2.45) is 0 Å². The van der Waals surface area contributed by atoms with Gasteiger partial charge in [0.05, 0.1) is 22.1 Å². The third kappa shape index (κ3) is 3.82. The molecule has 0 bridgehead atoms. The summed E-state index contributed by atoms with van der Waals surface area (Å²) in [5.74, 6) is -0.535. The molecule has 2 amide bonds. The normalized spacial score (nSPS) is 13.2. The molecule has 0 fully saturated rings. The van der Waals surface area contributed by atoms with Gasteiger partial charge in [-0.2, -0.15) is 0 Å². The first-order valence-electron chi connectivity index (χ1n) is 11.1. The average molecular weight is 502 g/mol. The van der Waals surface area contributed by atoms with Gasteiger partial charge in [0.1, 0.15) is 15.6 Å². The molecule has 1 aliphatic rings. The number of hydrogen-bond donors (Lipinski definition) is 1. The summed E-state index contributed by atoms with van der Waals surface area (Å²) in [6.45, 7) is 2.68. The molecule has 174 valence electrons. The van der Waals surface area contributed by atoms with Crippen LogP contribution in [0.1, 0.15) is 27.9 Å². The van der Waals surface area contributed by atoms with Crippen molar-refractivity contribution >= 4 is 60.7 Å². The van der Waals surface area contributed by atoms with E-state index in [1.165, 1.54) is 17.4 Å². The number of amides is 2. The lowest BCUT2D eigenvalue weighted by Crippen LogP contribution is -2.33. The van der Waals surface area contributed by atoms with Gasteiger partial charge in [0.2, 0.25) is 5.91 Å². The van der Waals surface area contributed by atoms with Gasteiger partial charge in [0.15, 0.2) is 11.2 Å². The minimum atomic E-state index is -0.503. The van der Waals surface area contributed by atoms with Crippen LogP contribution in [0.25, 0.3) is 31.8 Å².